The van der Waals surface area contributed by atoms with Crippen LogP contribution in [0.3, 0.4) is 0 Å². The third-order valence-electron chi connectivity index (χ3n) is 5.36. The van der Waals surface area contributed by atoms with Crippen LogP contribution in [0.15, 0.2) is 42.5 Å². The fraction of sp³-hybridized carbons (Fsp3) is 0.333. The number of nitrogens with two attached hydrogens (primary N) is 1. The molecule has 10 heteroatoms. The van der Waals surface area contributed by atoms with Gasteiger partial charge in [-0.1, -0.05) is 29.8 Å². The van der Waals surface area contributed by atoms with Crippen LogP contribution in [0.5, 0.6) is 5.75 Å². The lowest BCUT2D eigenvalue weighted by Crippen LogP contribution is -2.43. The highest BCUT2D eigenvalue weighted by atomic mass is 16.5. The van der Waals surface area contributed by atoms with Crippen LogP contribution in [0.1, 0.15) is 46.0 Å². The van der Waals surface area contributed by atoms with Crippen LogP contribution >= 0.6 is 0 Å². The van der Waals surface area contributed by atoms with Crippen LogP contribution in [0.4, 0.5) is 4.79 Å². The topological polar surface area (TPSA) is 157 Å². The summed E-state index contributed by atoms with van der Waals surface area (Å²) in [6.45, 7) is 1.67. The molecule has 0 saturated carbocycles. The molecule has 5 N–H and O–H groups in total. The first-order valence-electron chi connectivity index (χ1n) is 10.8. The molecule has 0 unspecified atom stereocenters. The van der Waals surface area contributed by atoms with Gasteiger partial charge in [-0.15, -0.1) is 0 Å². The van der Waals surface area contributed by atoms with Crippen molar-refractivity contribution in [1.82, 2.24) is 10.6 Å². The zero-order valence-electron chi connectivity index (χ0n) is 18.7. The summed E-state index contributed by atoms with van der Waals surface area (Å²) in [6, 6.07) is 10.7. The van der Waals surface area contributed by atoms with Crippen molar-refractivity contribution in [3.8, 4) is 5.75 Å². The number of cyclic esters (lactones) is 1. The molecule has 180 valence electrons. The Balaban J connectivity index is 1.64. The average Bonchev–Trinajstić information content (AvgIpc) is 2.79. The smallest absolute Gasteiger partial charge is 0.339 e. The second kappa shape index (κ2) is 11.2. The van der Waals surface area contributed by atoms with E-state index in [9.17, 15) is 24.3 Å². The number of fused-ring (bicyclic) bond motifs is 1. The number of amides is 3. The molecule has 2 atom stereocenters. The van der Waals surface area contributed by atoms with E-state index in [1.54, 1.807) is 24.3 Å². The SMILES string of the molecule is Cc1ccc(OCC(=O)N[C@@H](CCCNC(N)=O)C(=O)O)c([C@@H]2Cc3ccccc3C(=O)O2)c1. The molecule has 0 radical (unpaired) electrons. The van der Waals surface area contributed by atoms with Crippen molar-refractivity contribution in [3.05, 3.63) is 64.7 Å². The summed E-state index contributed by atoms with van der Waals surface area (Å²) >= 11 is 0. The number of carbonyl (C=O) groups excluding carboxylic acids is 3. The number of nitrogens with one attached hydrogen (secondary N) is 2. The highest BCUT2D eigenvalue weighted by molar-refractivity contribution is 5.92. The summed E-state index contributed by atoms with van der Waals surface area (Å²) in [5, 5.41) is 14.1. The van der Waals surface area contributed by atoms with Crippen molar-refractivity contribution in [2.24, 2.45) is 5.73 Å². The number of benzene rings is 2. The van der Waals surface area contributed by atoms with Gasteiger partial charge in [0.05, 0.1) is 5.56 Å². The first-order chi connectivity index (χ1) is 16.2. The predicted molar refractivity (Wildman–Crippen MR) is 121 cm³/mol. The lowest BCUT2D eigenvalue weighted by Gasteiger charge is -2.26. The van der Waals surface area contributed by atoms with E-state index in [-0.39, 0.29) is 13.0 Å². The molecule has 2 aromatic rings. The molecule has 1 heterocycles. The molecule has 0 bridgehead atoms. The van der Waals surface area contributed by atoms with Gasteiger partial charge in [0.15, 0.2) is 6.61 Å². The van der Waals surface area contributed by atoms with E-state index in [1.807, 2.05) is 25.1 Å². The lowest BCUT2D eigenvalue weighted by molar-refractivity contribution is -0.142. The van der Waals surface area contributed by atoms with Crippen LogP contribution < -0.4 is 21.1 Å². The zero-order chi connectivity index (χ0) is 24.7. The maximum absolute atomic E-state index is 12.4. The molecule has 0 fully saturated rings. The predicted octanol–water partition coefficient (Wildman–Crippen LogP) is 1.85. The van der Waals surface area contributed by atoms with E-state index in [0.717, 1.165) is 11.1 Å². The standard InChI is InChI=1S/C24H27N3O7/c1-14-8-9-19(17(11-14)20-12-15-5-2-3-6-16(15)23(31)34-20)33-13-21(28)27-18(22(29)30)7-4-10-26-24(25)32/h2-3,5-6,8-9,11,18,20H,4,7,10,12-13H2,1H3,(H,27,28)(H,29,30)(H3,25,26,32)/t18-,20-/m0/s1. The fourth-order valence-corrected chi connectivity index (χ4v) is 3.71. The van der Waals surface area contributed by atoms with Crippen LogP contribution in [0.25, 0.3) is 0 Å². The van der Waals surface area contributed by atoms with E-state index in [4.69, 9.17) is 15.2 Å². The first-order valence-corrected chi connectivity index (χ1v) is 10.8. The van der Waals surface area contributed by atoms with Crippen molar-refractivity contribution in [3.63, 3.8) is 0 Å². The number of carbonyl (C=O) groups is 4. The Bertz CT molecular complexity index is 1090. The van der Waals surface area contributed by atoms with E-state index in [1.165, 1.54) is 0 Å². The molecule has 1 aliphatic heterocycles. The van der Waals surface area contributed by atoms with Gasteiger partial charge in [-0.3, -0.25) is 4.79 Å². The monoisotopic (exact) mass is 469 g/mol. The number of ether oxygens (including phenoxy) is 2. The number of carboxylic acids is 1. The molecule has 0 saturated heterocycles. The number of rotatable bonds is 10. The number of primary amides is 1. The summed E-state index contributed by atoms with van der Waals surface area (Å²) in [5.41, 5.74) is 7.92. The summed E-state index contributed by atoms with van der Waals surface area (Å²) < 4.78 is 11.3. The van der Waals surface area contributed by atoms with Gasteiger partial charge in [0.2, 0.25) is 0 Å². The molecular weight excluding hydrogens is 442 g/mol. The highest BCUT2D eigenvalue weighted by Gasteiger charge is 2.29. The van der Waals surface area contributed by atoms with Gasteiger partial charge < -0.3 is 30.9 Å². The van der Waals surface area contributed by atoms with Gasteiger partial charge in [0, 0.05) is 18.5 Å². The third kappa shape index (κ3) is 6.47. The number of aryl methyl sites for hydroxylation is 1. The van der Waals surface area contributed by atoms with E-state index in [0.29, 0.717) is 29.7 Å². The minimum Gasteiger partial charge on any atom is -0.483 e. The highest BCUT2D eigenvalue weighted by Crippen LogP contribution is 2.35. The van der Waals surface area contributed by atoms with E-state index < -0.39 is 42.6 Å². The maximum Gasteiger partial charge on any atom is 0.339 e. The van der Waals surface area contributed by atoms with Crippen LogP contribution in [-0.4, -0.2) is 48.2 Å². The van der Waals surface area contributed by atoms with E-state index in [2.05, 4.69) is 10.6 Å². The molecule has 0 aromatic heterocycles. The third-order valence-corrected chi connectivity index (χ3v) is 5.36. The normalized spacial score (nSPS) is 15.4. The quantitative estimate of drug-likeness (QED) is 0.305. The summed E-state index contributed by atoms with van der Waals surface area (Å²) in [4.78, 5) is 47.0. The van der Waals surface area contributed by atoms with Gasteiger partial charge in [-0.2, -0.15) is 0 Å². The van der Waals surface area contributed by atoms with Crippen molar-refractivity contribution < 1.29 is 33.8 Å². The number of carboxylic acid groups (broad SMARTS) is 1. The molecule has 0 spiro atoms. The number of hydrogen-bond donors (Lipinski definition) is 4. The summed E-state index contributed by atoms with van der Waals surface area (Å²) in [5.74, 6) is -1.87. The number of esters is 1. The average molecular weight is 469 g/mol. The lowest BCUT2D eigenvalue weighted by atomic mass is 9.93. The summed E-state index contributed by atoms with van der Waals surface area (Å²) in [6.07, 6.45) is 0.311. The number of urea groups is 1. The second-order valence-electron chi connectivity index (χ2n) is 7.98. The summed E-state index contributed by atoms with van der Waals surface area (Å²) in [7, 11) is 0. The number of aliphatic carboxylic acids is 1. The van der Waals surface area contributed by atoms with Gasteiger partial charge >= 0.3 is 18.0 Å². The molecule has 3 rings (SSSR count). The molecule has 2 aromatic carbocycles. The molecular formula is C24H27N3O7. The molecule has 0 aliphatic carbocycles. The molecule has 10 nitrogen and oxygen atoms in total. The van der Waals surface area contributed by atoms with Crippen molar-refractivity contribution in [2.45, 2.75) is 38.3 Å². The molecule has 1 aliphatic rings. The van der Waals surface area contributed by atoms with Gasteiger partial charge in [-0.25, -0.2) is 14.4 Å². The molecule has 3 amide bonds. The van der Waals surface area contributed by atoms with Crippen LogP contribution in [-0.2, 0) is 20.7 Å². The van der Waals surface area contributed by atoms with Gasteiger partial charge in [-0.05, 0) is 43.5 Å². The largest absolute Gasteiger partial charge is 0.483 e. The zero-order valence-corrected chi connectivity index (χ0v) is 18.7. The minimum atomic E-state index is -1.20. The minimum absolute atomic E-state index is 0.106. The fourth-order valence-electron chi connectivity index (χ4n) is 3.71. The van der Waals surface area contributed by atoms with Gasteiger partial charge in [0.25, 0.3) is 5.91 Å². The maximum atomic E-state index is 12.4. The van der Waals surface area contributed by atoms with Crippen LogP contribution in [0.2, 0.25) is 0 Å². The Morgan fingerprint density at radius 2 is 2.00 bits per heavy atom. The van der Waals surface area contributed by atoms with Crippen molar-refractivity contribution >= 4 is 23.9 Å². The van der Waals surface area contributed by atoms with Crippen LogP contribution in [0, 0.1) is 6.92 Å². The molecule has 34 heavy (non-hydrogen) atoms. The number of hydrogen-bond acceptors (Lipinski definition) is 6. The first kappa shape index (κ1) is 24.6. The second-order valence-corrected chi connectivity index (χ2v) is 7.98. The Kier molecular flexibility index (Phi) is 8.07. The Morgan fingerprint density at radius 1 is 1.24 bits per heavy atom. The van der Waals surface area contributed by atoms with Crippen molar-refractivity contribution in [2.75, 3.05) is 13.2 Å². The Morgan fingerprint density at radius 3 is 2.74 bits per heavy atom. The Labute approximate surface area is 196 Å². The van der Waals surface area contributed by atoms with E-state index >= 15 is 0 Å². The van der Waals surface area contributed by atoms with Crippen molar-refractivity contribution in [1.29, 1.82) is 0 Å². The van der Waals surface area contributed by atoms with Gasteiger partial charge in [0.1, 0.15) is 17.9 Å². The Hall–Kier alpha value is -4.08.